The summed E-state index contributed by atoms with van der Waals surface area (Å²) in [6.07, 6.45) is 5.67. The van der Waals surface area contributed by atoms with Gasteiger partial charge in [0.1, 0.15) is 0 Å². The van der Waals surface area contributed by atoms with E-state index in [0.29, 0.717) is 12.3 Å². The van der Waals surface area contributed by atoms with Crippen LogP contribution in [-0.2, 0) is 29.6 Å². The third-order valence-electron chi connectivity index (χ3n) is 3.67. The first-order valence-corrected chi connectivity index (χ1v) is 9.60. The van der Waals surface area contributed by atoms with Gasteiger partial charge in [0, 0.05) is 46.8 Å². The molecule has 0 aliphatic heterocycles. The molecule has 0 fully saturated rings. The van der Waals surface area contributed by atoms with Gasteiger partial charge in [0.25, 0.3) is 0 Å². The molecule has 5 heteroatoms. The molecule has 1 aromatic heterocycles. The zero-order valence-corrected chi connectivity index (χ0v) is 14.5. The van der Waals surface area contributed by atoms with Crippen molar-refractivity contribution >= 4 is 16.5 Å². The molecule has 0 aliphatic carbocycles. The summed E-state index contributed by atoms with van der Waals surface area (Å²) in [5, 5.41) is 7.82. The zero-order chi connectivity index (χ0) is 16.8. The summed E-state index contributed by atoms with van der Waals surface area (Å²) < 4.78 is 13.3. The second-order valence-corrected chi connectivity index (χ2v) is 7.24. The van der Waals surface area contributed by atoms with E-state index in [1.807, 2.05) is 47.3 Å². The van der Waals surface area contributed by atoms with Gasteiger partial charge in [0.15, 0.2) is 0 Å². The highest BCUT2D eigenvalue weighted by atomic mass is 32.2. The quantitative estimate of drug-likeness (QED) is 0.717. The Kier molecular flexibility index (Phi) is 5.43. The summed E-state index contributed by atoms with van der Waals surface area (Å²) in [5.41, 5.74) is 4.49. The van der Waals surface area contributed by atoms with Crippen molar-refractivity contribution in [3.05, 3.63) is 83.7 Å². The normalized spacial score (nSPS) is 12.0. The topological polar surface area (TPSA) is 46.9 Å². The first kappa shape index (κ1) is 16.5. The van der Waals surface area contributed by atoms with Crippen molar-refractivity contribution in [2.45, 2.75) is 18.8 Å². The minimum Gasteiger partial charge on any atom is -0.381 e. The van der Waals surface area contributed by atoms with Crippen LogP contribution < -0.4 is 5.32 Å². The Balaban J connectivity index is 1.58. The summed E-state index contributed by atoms with van der Waals surface area (Å²) in [6, 6.07) is 18.4. The van der Waals surface area contributed by atoms with Crippen LogP contribution in [-0.4, -0.2) is 20.2 Å². The maximum Gasteiger partial charge on any atom is 0.0659 e. The monoisotopic (exact) mass is 339 g/mol. The van der Waals surface area contributed by atoms with Crippen LogP contribution in [0.2, 0.25) is 0 Å². The van der Waals surface area contributed by atoms with Gasteiger partial charge in [0.2, 0.25) is 0 Å². The largest absolute Gasteiger partial charge is 0.381 e. The fourth-order valence-electron chi connectivity index (χ4n) is 2.56. The van der Waals surface area contributed by atoms with Crippen molar-refractivity contribution < 1.29 is 4.21 Å². The molecule has 0 saturated heterocycles. The lowest BCUT2D eigenvalue weighted by Crippen LogP contribution is -2.01. The van der Waals surface area contributed by atoms with E-state index >= 15 is 0 Å². The highest BCUT2D eigenvalue weighted by Crippen LogP contribution is 2.13. The first-order valence-electron chi connectivity index (χ1n) is 7.87. The lowest BCUT2D eigenvalue weighted by Gasteiger charge is -2.07. The zero-order valence-electron chi connectivity index (χ0n) is 13.7. The summed E-state index contributed by atoms with van der Waals surface area (Å²) in [7, 11) is -0.822. The number of anilines is 1. The highest BCUT2D eigenvalue weighted by Gasteiger charge is 2.02. The minimum absolute atomic E-state index is 0.588. The number of hydrogen-bond acceptors (Lipinski definition) is 3. The van der Waals surface area contributed by atoms with E-state index in [-0.39, 0.29) is 0 Å². The number of rotatable bonds is 7. The third-order valence-corrected chi connectivity index (χ3v) is 4.41. The Morgan fingerprint density at radius 1 is 1.04 bits per heavy atom. The highest BCUT2D eigenvalue weighted by molar-refractivity contribution is 7.83. The maximum atomic E-state index is 11.3. The van der Waals surface area contributed by atoms with Crippen LogP contribution in [0.4, 0.5) is 5.69 Å². The molecule has 1 N–H and O–H groups in total. The average molecular weight is 339 g/mol. The molecular formula is C19H21N3OS. The summed E-state index contributed by atoms with van der Waals surface area (Å²) in [4.78, 5) is 0. The molecule has 4 nitrogen and oxygen atoms in total. The van der Waals surface area contributed by atoms with E-state index in [4.69, 9.17) is 0 Å². The van der Waals surface area contributed by atoms with Gasteiger partial charge in [-0.1, -0.05) is 42.5 Å². The molecule has 3 rings (SSSR count). The van der Waals surface area contributed by atoms with Crippen LogP contribution in [0.15, 0.2) is 67.0 Å². The van der Waals surface area contributed by atoms with E-state index in [1.54, 1.807) is 6.26 Å². The van der Waals surface area contributed by atoms with Crippen molar-refractivity contribution in [1.29, 1.82) is 0 Å². The van der Waals surface area contributed by atoms with Crippen molar-refractivity contribution in [1.82, 2.24) is 9.78 Å². The SMILES string of the molecule is C[S@](=O)Cc1cccc(NCc2cnn(Cc3ccccc3)c2)c1. The molecule has 0 amide bonds. The van der Waals surface area contributed by atoms with E-state index < -0.39 is 10.8 Å². The minimum atomic E-state index is -0.822. The Morgan fingerprint density at radius 3 is 2.62 bits per heavy atom. The number of hydrogen-bond donors (Lipinski definition) is 1. The van der Waals surface area contributed by atoms with Gasteiger partial charge in [-0.2, -0.15) is 5.10 Å². The molecule has 1 atom stereocenters. The number of benzene rings is 2. The van der Waals surface area contributed by atoms with Crippen molar-refractivity contribution in [2.24, 2.45) is 0 Å². The molecular weight excluding hydrogens is 318 g/mol. The van der Waals surface area contributed by atoms with Gasteiger partial charge in [-0.05, 0) is 23.3 Å². The predicted molar refractivity (Wildman–Crippen MR) is 99.3 cm³/mol. The van der Waals surface area contributed by atoms with Crippen molar-refractivity contribution in [2.75, 3.05) is 11.6 Å². The van der Waals surface area contributed by atoms with E-state index in [2.05, 4.69) is 34.8 Å². The molecule has 3 aromatic rings. The summed E-state index contributed by atoms with van der Waals surface area (Å²) in [6.45, 7) is 1.49. The lowest BCUT2D eigenvalue weighted by atomic mass is 10.2. The molecule has 0 unspecified atom stereocenters. The molecule has 124 valence electrons. The van der Waals surface area contributed by atoms with Crippen LogP contribution in [0.5, 0.6) is 0 Å². The van der Waals surface area contributed by atoms with Gasteiger partial charge >= 0.3 is 0 Å². The van der Waals surface area contributed by atoms with Crippen molar-refractivity contribution in [3.8, 4) is 0 Å². The maximum absolute atomic E-state index is 11.3. The van der Waals surface area contributed by atoms with Crippen molar-refractivity contribution in [3.63, 3.8) is 0 Å². The van der Waals surface area contributed by atoms with Crippen LogP contribution >= 0.6 is 0 Å². The Morgan fingerprint density at radius 2 is 1.83 bits per heavy atom. The van der Waals surface area contributed by atoms with E-state index in [9.17, 15) is 4.21 Å². The molecule has 0 spiro atoms. The second-order valence-electron chi connectivity index (χ2n) is 5.80. The standard InChI is InChI=1S/C19H21N3OS/c1-24(23)15-17-8-5-9-19(10-17)20-11-18-12-21-22(14-18)13-16-6-3-2-4-7-16/h2-10,12,14,20H,11,13,15H2,1H3/t24-/m0/s1. The van der Waals surface area contributed by atoms with Crippen LogP contribution in [0.3, 0.4) is 0 Å². The van der Waals surface area contributed by atoms with E-state index in [0.717, 1.165) is 23.4 Å². The Bertz CT molecular complexity index is 814. The molecule has 0 bridgehead atoms. The number of nitrogens with one attached hydrogen (secondary N) is 1. The van der Waals surface area contributed by atoms with Gasteiger partial charge in [-0.3, -0.25) is 8.89 Å². The van der Waals surface area contributed by atoms with Crippen LogP contribution in [0.1, 0.15) is 16.7 Å². The Hall–Kier alpha value is -2.40. The molecule has 0 radical (unpaired) electrons. The predicted octanol–water partition coefficient (Wildman–Crippen LogP) is 3.42. The number of aromatic nitrogens is 2. The third kappa shape index (κ3) is 4.80. The fourth-order valence-corrected chi connectivity index (χ4v) is 3.21. The van der Waals surface area contributed by atoms with E-state index in [1.165, 1.54) is 5.56 Å². The van der Waals surface area contributed by atoms with Crippen LogP contribution in [0.25, 0.3) is 0 Å². The van der Waals surface area contributed by atoms with Crippen LogP contribution in [0, 0.1) is 0 Å². The van der Waals surface area contributed by atoms with Gasteiger partial charge in [0.05, 0.1) is 12.7 Å². The lowest BCUT2D eigenvalue weighted by molar-refractivity contribution is 0.686. The van der Waals surface area contributed by atoms with Gasteiger partial charge in [-0.15, -0.1) is 0 Å². The molecule has 1 heterocycles. The molecule has 2 aromatic carbocycles. The fraction of sp³-hybridized carbons (Fsp3) is 0.211. The number of nitrogens with zero attached hydrogens (tertiary/aromatic N) is 2. The smallest absolute Gasteiger partial charge is 0.0659 e. The average Bonchev–Trinajstić information content (AvgIpc) is 3.01. The molecule has 0 aliphatic rings. The second kappa shape index (κ2) is 7.93. The summed E-state index contributed by atoms with van der Waals surface area (Å²) in [5.74, 6) is 0.588. The Labute approximate surface area is 145 Å². The summed E-state index contributed by atoms with van der Waals surface area (Å²) >= 11 is 0. The van der Waals surface area contributed by atoms with Gasteiger partial charge < -0.3 is 5.32 Å². The first-order chi connectivity index (χ1) is 11.7. The van der Waals surface area contributed by atoms with Gasteiger partial charge in [-0.25, -0.2) is 0 Å². The molecule has 0 saturated carbocycles. The molecule has 24 heavy (non-hydrogen) atoms.